The number of halogens is 2. The molecule has 0 radical (unpaired) electrons. The van der Waals surface area contributed by atoms with Gasteiger partial charge < -0.3 is 20.3 Å². The van der Waals surface area contributed by atoms with Gasteiger partial charge in [-0.3, -0.25) is 4.99 Å². The minimum atomic E-state index is -0.285. The second kappa shape index (κ2) is 9.83. The van der Waals surface area contributed by atoms with Crippen LogP contribution in [0.4, 0.5) is 10.2 Å². The van der Waals surface area contributed by atoms with E-state index in [2.05, 4.69) is 26.7 Å². The summed E-state index contributed by atoms with van der Waals surface area (Å²) in [6.45, 7) is 3.57. The Hall–Kier alpha value is -2.38. The number of ether oxygens (including phenoxy) is 1. The van der Waals surface area contributed by atoms with E-state index >= 15 is 0 Å². The Kier molecular flexibility index (Phi) is 6.92. The van der Waals surface area contributed by atoms with Crippen molar-refractivity contribution >= 4 is 23.4 Å². The van der Waals surface area contributed by atoms with Crippen LogP contribution < -0.4 is 15.5 Å². The summed E-state index contributed by atoms with van der Waals surface area (Å²) in [5.41, 5.74) is 1.05. The number of nitrogens with zero attached hydrogens (tertiary/aromatic N) is 3. The van der Waals surface area contributed by atoms with Gasteiger partial charge in [-0.1, -0.05) is 29.8 Å². The van der Waals surface area contributed by atoms with Crippen molar-refractivity contribution in [1.29, 1.82) is 0 Å². The van der Waals surface area contributed by atoms with Crippen molar-refractivity contribution in [3.8, 4) is 0 Å². The van der Waals surface area contributed by atoms with Gasteiger partial charge in [0, 0.05) is 62.6 Å². The molecule has 0 bridgehead atoms. The van der Waals surface area contributed by atoms with Gasteiger partial charge >= 0.3 is 0 Å². The van der Waals surface area contributed by atoms with Crippen LogP contribution in [0, 0.1) is 5.82 Å². The third-order valence-electron chi connectivity index (χ3n) is 6.28. The molecule has 2 saturated heterocycles. The summed E-state index contributed by atoms with van der Waals surface area (Å²) >= 11 is 6.56. The van der Waals surface area contributed by atoms with E-state index in [0.29, 0.717) is 32.1 Å². The number of guanidine groups is 1. The fourth-order valence-corrected chi connectivity index (χ4v) is 4.85. The molecule has 1 unspecified atom stereocenters. The summed E-state index contributed by atoms with van der Waals surface area (Å²) in [5.74, 6) is 0.868. The highest BCUT2D eigenvalue weighted by atomic mass is 35.5. The molecule has 1 aromatic heterocycles. The highest BCUT2D eigenvalue weighted by Crippen LogP contribution is 2.38. The third kappa shape index (κ3) is 4.93. The molecule has 4 rings (SSSR count). The first-order chi connectivity index (χ1) is 15.1. The van der Waals surface area contributed by atoms with Crippen molar-refractivity contribution in [2.45, 2.75) is 30.7 Å². The van der Waals surface area contributed by atoms with E-state index < -0.39 is 0 Å². The number of benzene rings is 1. The van der Waals surface area contributed by atoms with E-state index in [-0.39, 0.29) is 17.3 Å². The molecule has 0 spiro atoms. The molecule has 8 heteroatoms. The lowest BCUT2D eigenvalue weighted by atomic mass is 9.74. The normalized spacial score (nSPS) is 21.2. The molecule has 2 aliphatic rings. The van der Waals surface area contributed by atoms with Crippen LogP contribution >= 0.6 is 11.6 Å². The fraction of sp³-hybridized carbons (Fsp3) is 0.478. The maximum absolute atomic E-state index is 14.1. The monoisotopic (exact) mass is 445 g/mol. The standard InChI is InChI=1S/C23H29ClFN5O/c1-26-22(29-17-8-12-30(15-17)21-20(25)7-4-11-27-21)28-16-23(9-13-31-14-10-23)18-5-2-3-6-19(18)24/h2-7,11,17H,8-10,12-16H2,1H3,(H2,26,28,29). The zero-order valence-corrected chi connectivity index (χ0v) is 18.5. The van der Waals surface area contributed by atoms with E-state index in [9.17, 15) is 4.39 Å². The second-order valence-electron chi connectivity index (χ2n) is 8.18. The molecular weight excluding hydrogens is 417 g/mol. The number of pyridine rings is 1. The zero-order valence-electron chi connectivity index (χ0n) is 17.8. The van der Waals surface area contributed by atoms with E-state index in [4.69, 9.17) is 16.3 Å². The van der Waals surface area contributed by atoms with Gasteiger partial charge in [-0.25, -0.2) is 9.37 Å². The van der Waals surface area contributed by atoms with E-state index in [1.54, 1.807) is 19.3 Å². The van der Waals surface area contributed by atoms with Crippen LogP contribution in [0.2, 0.25) is 5.02 Å². The quantitative estimate of drug-likeness (QED) is 0.546. The van der Waals surface area contributed by atoms with Gasteiger partial charge in [-0.15, -0.1) is 0 Å². The molecular formula is C23H29ClFN5O. The predicted molar refractivity (Wildman–Crippen MR) is 122 cm³/mol. The first-order valence-electron chi connectivity index (χ1n) is 10.8. The minimum Gasteiger partial charge on any atom is -0.381 e. The smallest absolute Gasteiger partial charge is 0.191 e. The van der Waals surface area contributed by atoms with Crippen LogP contribution in [-0.4, -0.2) is 56.9 Å². The molecule has 0 saturated carbocycles. The first-order valence-corrected chi connectivity index (χ1v) is 11.1. The van der Waals surface area contributed by atoms with Crippen molar-refractivity contribution in [1.82, 2.24) is 15.6 Å². The van der Waals surface area contributed by atoms with Crippen molar-refractivity contribution in [3.05, 3.63) is 59.0 Å². The number of hydrogen-bond donors (Lipinski definition) is 2. The van der Waals surface area contributed by atoms with Crippen molar-refractivity contribution in [3.63, 3.8) is 0 Å². The molecule has 6 nitrogen and oxygen atoms in total. The molecule has 2 aromatic rings. The average molecular weight is 446 g/mol. The lowest BCUT2D eigenvalue weighted by molar-refractivity contribution is 0.0514. The van der Waals surface area contributed by atoms with Gasteiger partial charge in [0.15, 0.2) is 17.6 Å². The number of anilines is 1. The van der Waals surface area contributed by atoms with E-state index in [1.165, 1.54) is 6.07 Å². The van der Waals surface area contributed by atoms with Gasteiger partial charge in [0.2, 0.25) is 0 Å². The first kappa shape index (κ1) is 21.8. The average Bonchev–Trinajstić information content (AvgIpc) is 3.26. The Labute approximate surface area is 187 Å². The highest BCUT2D eigenvalue weighted by molar-refractivity contribution is 6.31. The van der Waals surface area contributed by atoms with Gasteiger partial charge in [0.25, 0.3) is 0 Å². The number of rotatable bonds is 5. The molecule has 0 amide bonds. The Bertz CT molecular complexity index is 918. The highest BCUT2D eigenvalue weighted by Gasteiger charge is 2.36. The molecule has 2 aliphatic heterocycles. The number of nitrogens with one attached hydrogen (secondary N) is 2. The van der Waals surface area contributed by atoms with Crippen LogP contribution in [0.3, 0.4) is 0 Å². The molecule has 3 heterocycles. The number of aliphatic imine (C=N–C) groups is 1. The topological polar surface area (TPSA) is 61.8 Å². The summed E-state index contributed by atoms with van der Waals surface area (Å²) in [4.78, 5) is 10.6. The Morgan fingerprint density at radius 2 is 2.10 bits per heavy atom. The summed E-state index contributed by atoms with van der Waals surface area (Å²) in [6, 6.07) is 11.3. The number of hydrogen-bond acceptors (Lipinski definition) is 4. The van der Waals surface area contributed by atoms with Crippen LogP contribution in [0.15, 0.2) is 47.6 Å². The van der Waals surface area contributed by atoms with Gasteiger partial charge in [0.05, 0.1) is 0 Å². The molecule has 166 valence electrons. The van der Waals surface area contributed by atoms with Crippen LogP contribution in [0.1, 0.15) is 24.8 Å². The summed E-state index contributed by atoms with van der Waals surface area (Å²) in [6.07, 6.45) is 4.32. The van der Waals surface area contributed by atoms with Gasteiger partial charge in [-0.05, 0) is 43.0 Å². The van der Waals surface area contributed by atoms with Crippen LogP contribution in [0.5, 0.6) is 0 Å². The van der Waals surface area contributed by atoms with E-state index in [1.807, 2.05) is 23.1 Å². The summed E-state index contributed by atoms with van der Waals surface area (Å²) in [7, 11) is 1.77. The molecule has 2 fully saturated rings. The minimum absolute atomic E-state index is 0.104. The van der Waals surface area contributed by atoms with Crippen molar-refractivity contribution in [2.24, 2.45) is 4.99 Å². The lowest BCUT2D eigenvalue weighted by Gasteiger charge is -2.39. The predicted octanol–water partition coefficient (Wildman–Crippen LogP) is 3.37. The maximum atomic E-state index is 14.1. The van der Waals surface area contributed by atoms with Crippen LogP contribution in [0.25, 0.3) is 0 Å². The Morgan fingerprint density at radius 3 is 2.84 bits per heavy atom. The molecule has 31 heavy (non-hydrogen) atoms. The number of aromatic nitrogens is 1. The van der Waals surface area contributed by atoms with Gasteiger partial charge in [-0.2, -0.15) is 0 Å². The second-order valence-corrected chi connectivity index (χ2v) is 8.59. The Balaban J connectivity index is 1.40. The zero-order chi connectivity index (χ0) is 21.7. The maximum Gasteiger partial charge on any atom is 0.191 e. The molecule has 1 atom stereocenters. The molecule has 2 N–H and O–H groups in total. The molecule has 1 aromatic carbocycles. The van der Waals surface area contributed by atoms with Crippen LogP contribution in [-0.2, 0) is 10.2 Å². The Morgan fingerprint density at radius 1 is 1.29 bits per heavy atom. The fourth-order valence-electron chi connectivity index (χ4n) is 4.52. The van der Waals surface area contributed by atoms with E-state index in [0.717, 1.165) is 42.4 Å². The summed E-state index contributed by atoms with van der Waals surface area (Å²) < 4.78 is 19.7. The van der Waals surface area contributed by atoms with Gasteiger partial charge in [0.1, 0.15) is 0 Å². The van der Waals surface area contributed by atoms with Crippen molar-refractivity contribution < 1.29 is 9.13 Å². The van der Waals surface area contributed by atoms with Crippen molar-refractivity contribution in [2.75, 3.05) is 44.8 Å². The SMILES string of the molecule is CN=C(NCC1(c2ccccc2Cl)CCOCC1)NC1CCN(c2ncccc2F)C1. The molecule has 0 aliphatic carbocycles. The largest absolute Gasteiger partial charge is 0.381 e. The lowest BCUT2D eigenvalue weighted by Crippen LogP contribution is -2.50. The summed E-state index contributed by atoms with van der Waals surface area (Å²) in [5, 5.41) is 7.80. The third-order valence-corrected chi connectivity index (χ3v) is 6.61.